The van der Waals surface area contributed by atoms with E-state index in [0.717, 1.165) is 24.2 Å². The van der Waals surface area contributed by atoms with Crippen molar-refractivity contribution in [3.63, 3.8) is 0 Å². The number of rotatable bonds is 2. The van der Waals surface area contributed by atoms with Crippen LogP contribution in [0.3, 0.4) is 0 Å². The van der Waals surface area contributed by atoms with E-state index < -0.39 is 0 Å². The SMILES string of the molecule is Cc1cccc(C2CCCN2C(=O)c2ncccc2O)n1. The fraction of sp³-hybridized carbons (Fsp3) is 0.312. The number of likely N-dealkylation sites (tertiary alicyclic amines) is 1. The molecule has 1 aliphatic rings. The van der Waals surface area contributed by atoms with Gasteiger partial charge in [-0.15, -0.1) is 0 Å². The number of carbonyl (C=O) groups excluding carboxylic acids is 1. The van der Waals surface area contributed by atoms with Crippen molar-refractivity contribution in [2.75, 3.05) is 6.54 Å². The normalized spacial score (nSPS) is 18.0. The second-order valence-corrected chi connectivity index (χ2v) is 5.23. The number of nitrogens with zero attached hydrogens (tertiary/aromatic N) is 3. The molecule has 0 bridgehead atoms. The van der Waals surface area contributed by atoms with Crippen molar-refractivity contribution >= 4 is 5.91 Å². The quantitative estimate of drug-likeness (QED) is 0.919. The maximum absolute atomic E-state index is 12.6. The molecule has 1 N–H and O–H groups in total. The first-order valence-electron chi connectivity index (χ1n) is 7.05. The lowest BCUT2D eigenvalue weighted by molar-refractivity contribution is 0.0723. The molecule has 1 unspecified atom stereocenters. The van der Waals surface area contributed by atoms with Crippen LogP contribution < -0.4 is 0 Å². The summed E-state index contributed by atoms with van der Waals surface area (Å²) in [4.78, 5) is 22.9. The molecule has 1 amide bonds. The van der Waals surface area contributed by atoms with Gasteiger partial charge in [0.15, 0.2) is 5.69 Å². The number of hydrogen-bond acceptors (Lipinski definition) is 4. The molecule has 1 fully saturated rings. The highest BCUT2D eigenvalue weighted by molar-refractivity contribution is 5.95. The Kier molecular flexibility index (Phi) is 3.56. The van der Waals surface area contributed by atoms with Crippen LogP contribution in [0, 0.1) is 6.92 Å². The van der Waals surface area contributed by atoms with Crippen LogP contribution in [-0.2, 0) is 0 Å². The Hall–Kier alpha value is -2.43. The summed E-state index contributed by atoms with van der Waals surface area (Å²) >= 11 is 0. The maximum Gasteiger partial charge on any atom is 0.276 e. The maximum atomic E-state index is 12.6. The van der Waals surface area contributed by atoms with Crippen LogP contribution in [0.1, 0.15) is 40.8 Å². The lowest BCUT2D eigenvalue weighted by Gasteiger charge is -2.24. The third-order valence-corrected chi connectivity index (χ3v) is 3.75. The van der Waals surface area contributed by atoms with E-state index >= 15 is 0 Å². The van der Waals surface area contributed by atoms with Gasteiger partial charge in [-0.1, -0.05) is 6.07 Å². The van der Waals surface area contributed by atoms with Crippen LogP contribution >= 0.6 is 0 Å². The van der Waals surface area contributed by atoms with Crippen molar-refractivity contribution in [1.82, 2.24) is 14.9 Å². The number of hydrogen-bond donors (Lipinski definition) is 1. The molecule has 0 aliphatic carbocycles. The van der Waals surface area contributed by atoms with E-state index in [1.807, 2.05) is 25.1 Å². The number of aromatic hydroxyl groups is 1. The number of carbonyl (C=O) groups is 1. The van der Waals surface area contributed by atoms with E-state index in [-0.39, 0.29) is 23.4 Å². The Morgan fingerprint density at radius 1 is 1.33 bits per heavy atom. The molecule has 1 aliphatic heterocycles. The zero-order valence-corrected chi connectivity index (χ0v) is 11.9. The first kappa shape index (κ1) is 13.5. The van der Waals surface area contributed by atoms with Gasteiger partial charge in [0.25, 0.3) is 5.91 Å². The molecule has 5 nitrogen and oxygen atoms in total. The Morgan fingerprint density at radius 3 is 2.95 bits per heavy atom. The third kappa shape index (κ3) is 2.59. The highest BCUT2D eigenvalue weighted by Gasteiger charge is 2.33. The molecule has 1 saturated heterocycles. The monoisotopic (exact) mass is 283 g/mol. The van der Waals surface area contributed by atoms with Crippen LogP contribution in [0.4, 0.5) is 0 Å². The van der Waals surface area contributed by atoms with Crippen molar-refractivity contribution in [2.45, 2.75) is 25.8 Å². The van der Waals surface area contributed by atoms with Crippen LogP contribution in [-0.4, -0.2) is 32.4 Å². The van der Waals surface area contributed by atoms with Gasteiger partial charge in [0.05, 0.1) is 11.7 Å². The summed E-state index contributed by atoms with van der Waals surface area (Å²) in [6.45, 7) is 2.60. The summed E-state index contributed by atoms with van der Waals surface area (Å²) in [5.41, 5.74) is 1.95. The van der Waals surface area contributed by atoms with Crippen LogP contribution in [0.25, 0.3) is 0 Å². The molecule has 1 atom stereocenters. The third-order valence-electron chi connectivity index (χ3n) is 3.75. The summed E-state index contributed by atoms with van der Waals surface area (Å²) < 4.78 is 0. The summed E-state index contributed by atoms with van der Waals surface area (Å²) in [6.07, 6.45) is 3.33. The molecule has 21 heavy (non-hydrogen) atoms. The van der Waals surface area contributed by atoms with Gasteiger partial charge in [-0.2, -0.15) is 0 Å². The summed E-state index contributed by atoms with van der Waals surface area (Å²) in [6, 6.07) is 8.89. The van der Waals surface area contributed by atoms with E-state index in [1.165, 1.54) is 12.3 Å². The highest BCUT2D eigenvalue weighted by atomic mass is 16.3. The van der Waals surface area contributed by atoms with Crippen molar-refractivity contribution in [3.8, 4) is 5.75 Å². The zero-order valence-electron chi connectivity index (χ0n) is 11.9. The second kappa shape index (κ2) is 5.52. The molecule has 2 aromatic rings. The molecular formula is C16H17N3O2. The molecule has 3 rings (SSSR count). The largest absolute Gasteiger partial charge is 0.505 e. The second-order valence-electron chi connectivity index (χ2n) is 5.23. The van der Waals surface area contributed by atoms with Crippen LogP contribution in [0.15, 0.2) is 36.5 Å². The first-order chi connectivity index (χ1) is 10.2. The van der Waals surface area contributed by atoms with Crippen molar-refractivity contribution < 1.29 is 9.90 Å². The van der Waals surface area contributed by atoms with Crippen LogP contribution in [0.2, 0.25) is 0 Å². The minimum Gasteiger partial charge on any atom is -0.505 e. The lowest BCUT2D eigenvalue weighted by Crippen LogP contribution is -2.31. The highest BCUT2D eigenvalue weighted by Crippen LogP contribution is 2.32. The number of aromatic nitrogens is 2. The molecule has 0 saturated carbocycles. The van der Waals surface area contributed by atoms with Crippen LogP contribution in [0.5, 0.6) is 5.75 Å². The van der Waals surface area contributed by atoms with Gasteiger partial charge in [0.2, 0.25) is 0 Å². The van der Waals surface area contributed by atoms with Gasteiger partial charge in [0, 0.05) is 18.4 Å². The van der Waals surface area contributed by atoms with Crippen molar-refractivity contribution in [1.29, 1.82) is 0 Å². The van der Waals surface area contributed by atoms with Gasteiger partial charge < -0.3 is 10.0 Å². The number of aryl methyl sites for hydroxylation is 1. The van der Waals surface area contributed by atoms with Crippen molar-refractivity contribution in [2.24, 2.45) is 0 Å². The average molecular weight is 283 g/mol. The molecule has 108 valence electrons. The predicted molar refractivity (Wildman–Crippen MR) is 77.9 cm³/mol. The first-order valence-corrected chi connectivity index (χ1v) is 7.05. The van der Waals surface area contributed by atoms with Gasteiger partial charge in [0.1, 0.15) is 5.75 Å². The van der Waals surface area contributed by atoms with E-state index in [0.29, 0.717) is 6.54 Å². The van der Waals surface area contributed by atoms with E-state index in [9.17, 15) is 9.90 Å². The predicted octanol–water partition coefficient (Wildman–Crippen LogP) is 2.47. The molecular weight excluding hydrogens is 266 g/mol. The summed E-state index contributed by atoms with van der Waals surface area (Å²) in [5.74, 6) is -0.316. The smallest absolute Gasteiger partial charge is 0.276 e. The number of pyridine rings is 2. The Balaban J connectivity index is 1.91. The topological polar surface area (TPSA) is 66.3 Å². The van der Waals surface area contributed by atoms with Gasteiger partial charge >= 0.3 is 0 Å². The standard InChI is InChI=1S/C16H17N3O2/c1-11-5-2-6-12(18-11)13-7-4-10-19(13)16(21)15-14(20)8-3-9-17-15/h2-3,5-6,8-9,13,20H,4,7,10H2,1H3. The fourth-order valence-electron chi connectivity index (χ4n) is 2.76. The molecule has 5 heteroatoms. The molecule has 3 heterocycles. The van der Waals surface area contributed by atoms with E-state index in [1.54, 1.807) is 11.0 Å². The molecule has 0 radical (unpaired) electrons. The van der Waals surface area contributed by atoms with Gasteiger partial charge in [-0.05, 0) is 44.0 Å². The minimum absolute atomic E-state index is 0.0428. The minimum atomic E-state index is -0.237. The lowest BCUT2D eigenvalue weighted by atomic mass is 10.1. The summed E-state index contributed by atoms with van der Waals surface area (Å²) in [5, 5.41) is 9.82. The van der Waals surface area contributed by atoms with Gasteiger partial charge in [-0.25, -0.2) is 4.98 Å². The van der Waals surface area contributed by atoms with E-state index in [2.05, 4.69) is 9.97 Å². The number of amides is 1. The molecule has 2 aromatic heterocycles. The zero-order chi connectivity index (χ0) is 14.8. The fourth-order valence-corrected chi connectivity index (χ4v) is 2.76. The summed E-state index contributed by atoms with van der Waals surface area (Å²) in [7, 11) is 0. The van der Waals surface area contributed by atoms with E-state index in [4.69, 9.17) is 0 Å². The van der Waals surface area contributed by atoms with Crippen molar-refractivity contribution in [3.05, 3.63) is 53.6 Å². The molecule has 0 aromatic carbocycles. The Morgan fingerprint density at radius 2 is 2.19 bits per heavy atom. The Labute approximate surface area is 123 Å². The average Bonchev–Trinajstić information content (AvgIpc) is 2.96. The molecule has 0 spiro atoms. The van der Waals surface area contributed by atoms with Gasteiger partial charge in [-0.3, -0.25) is 9.78 Å². The Bertz CT molecular complexity index is 672.